The van der Waals surface area contributed by atoms with E-state index in [4.69, 9.17) is 9.47 Å². The van der Waals surface area contributed by atoms with Crippen molar-refractivity contribution in [2.24, 2.45) is 0 Å². The van der Waals surface area contributed by atoms with Crippen LogP contribution in [0.25, 0.3) is 0 Å². The second-order valence-electron chi connectivity index (χ2n) is 6.77. The van der Waals surface area contributed by atoms with Gasteiger partial charge in [-0.25, -0.2) is 0 Å². The second kappa shape index (κ2) is 8.69. The maximum absolute atomic E-state index is 5.88. The van der Waals surface area contributed by atoms with Gasteiger partial charge in [-0.3, -0.25) is 0 Å². The number of hydrogen-bond acceptors (Lipinski definition) is 3. The third-order valence-electron chi connectivity index (χ3n) is 4.57. The van der Waals surface area contributed by atoms with Gasteiger partial charge in [0.25, 0.3) is 0 Å². The van der Waals surface area contributed by atoms with Crippen LogP contribution in [-0.2, 0) is 9.89 Å². The van der Waals surface area contributed by atoms with Crippen molar-refractivity contribution < 1.29 is 9.47 Å². The van der Waals surface area contributed by atoms with Crippen molar-refractivity contribution in [1.82, 2.24) is 0 Å². The molecule has 2 atom stereocenters. The van der Waals surface area contributed by atoms with Gasteiger partial charge in [-0.2, -0.15) is 0 Å². The van der Waals surface area contributed by atoms with Crippen molar-refractivity contribution in [3.8, 4) is 5.75 Å². The normalized spacial score (nSPS) is 13.8. The number of methoxy groups -OCH3 is 1. The van der Waals surface area contributed by atoms with E-state index in [0.29, 0.717) is 8.58 Å². The lowest BCUT2D eigenvalue weighted by molar-refractivity contribution is 0.0500. The fourth-order valence-corrected chi connectivity index (χ4v) is 4.65. The molecular weight excluding hydrogens is 329 g/mol. The average Bonchev–Trinajstić information content (AvgIpc) is 2.60. The molecule has 0 aromatic heterocycles. The van der Waals surface area contributed by atoms with E-state index in [9.17, 15) is 0 Å². The summed E-state index contributed by atoms with van der Waals surface area (Å²) in [5, 5.41) is 1.40. The summed E-state index contributed by atoms with van der Waals surface area (Å²) >= 11 is 0. The first-order chi connectivity index (χ1) is 11.9. The number of benzene rings is 2. The van der Waals surface area contributed by atoms with Gasteiger partial charge >= 0.3 is 0 Å². The van der Waals surface area contributed by atoms with Crippen molar-refractivity contribution >= 4 is 19.6 Å². The van der Waals surface area contributed by atoms with Crippen LogP contribution >= 0.6 is 8.58 Å². The summed E-state index contributed by atoms with van der Waals surface area (Å²) in [5.74, 6) is 0.923. The number of para-hydroxylation sites is 1. The molecule has 136 valence electrons. The van der Waals surface area contributed by atoms with E-state index in [1.165, 1.54) is 22.1 Å². The van der Waals surface area contributed by atoms with Crippen molar-refractivity contribution in [1.29, 1.82) is 0 Å². The van der Waals surface area contributed by atoms with E-state index in [0.717, 1.165) is 12.2 Å². The summed E-state index contributed by atoms with van der Waals surface area (Å²) < 4.78 is 11.0. The van der Waals surface area contributed by atoms with Crippen LogP contribution in [0, 0.1) is 6.92 Å². The van der Waals surface area contributed by atoms with Gasteiger partial charge in [-0.1, -0.05) is 58.3 Å². The number of hydrogen-bond donors (Lipinski definition) is 0. The first-order valence-electron chi connectivity index (χ1n) is 8.68. The van der Waals surface area contributed by atoms with Crippen LogP contribution in [0.5, 0.6) is 5.75 Å². The van der Waals surface area contributed by atoms with Gasteiger partial charge in [0.2, 0.25) is 0 Å². The summed E-state index contributed by atoms with van der Waals surface area (Å²) in [6.07, 6.45) is 1.04. The molecule has 0 aliphatic rings. The van der Waals surface area contributed by atoms with E-state index < -0.39 is 0 Å². The van der Waals surface area contributed by atoms with E-state index in [-0.39, 0.29) is 11.9 Å². The van der Waals surface area contributed by atoms with Gasteiger partial charge < -0.3 is 14.4 Å². The summed E-state index contributed by atoms with van der Waals surface area (Å²) in [5.41, 5.74) is 3.80. The van der Waals surface area contributed by atoms with Gasteiger partial charge in [-0.15, -0.1) is 0 Å². The van der Waals surface area contributed by atoms with Crippen LogP contribution in [0.3, 0.4) is 0 Å². The molecule has 0 aliphatic heterocycles. The lowest BCUT2D eigenvalue weighted by Crippen LogP contribution is -2.23. The van der Waals surface area contributed by atoms with Crippen LogP contribution in [0.4, 0.5) is 5.69 Å². The van der Waals surface area contributed by atoms with Crippen LogP contribution in [0.1, 0.15) is 31.4 Å². The molecule has 2 aromatic rings. The molecule has 0 fully saturated rings. The molecule has 0 spiro atoms. The Morgan fingerprint density at radius 3 is 2.48 bits per heavy atom. The Kier molecular flexibility index (Phi) is 6.87. The van der Waals surface area contributed by atoms with Crippen molar-refractivity contribution in [3.05, 3.63) is 53.6 Å². The van der Waals surface area contributed by atoms with Gasteiger partial charge in [0.15, 0.2) is 6.79 Å². The van der Waals surface area contributed by atoms with Crippen LogP contribution < -0.4 is 14.9 Å². The van der Waals surface area contributed by atoms with E-state index in [1.54, 1.807) is 7.11 Å². The standard InChI is InChI=1S/C21H30NO2P/c1-7-21(3,25-20-11-9-8-10-18(20)22(4)5)17-14-16(2)12-13-19(17)24-15-23-6/h8-14,25H,7,15H2,1-6H3. The minimum absolute atomic E-state index is 0.0151. The molecule has 25 heavy (non-hydrogen) atoms. The Balaban J connectivity index is 2.45. The van der Waals surface area contributed by atoms with Crippen molar-refractivity contribution in [2.75, 3.05) is 32.9 Å². The summed E-state index contributed by atoms with van der Waals surface area (Å²) in [4.78, 5) is 2.19. The quantitative estimate of drug-likeness (QED) is 0.505. The Bertz CT molecular complexity index is 702. The summed E-state index contributed by atoms with van der Waals surface area (Å²) in [7, 11) is 6.51. The molecule has 0 saturated heterocycles. The van der Waals surface area contributed by atoms with Crippen molar-refractivity contribution in [3.63, 3.8) is 0 Å². The van der Waals surface area contributed by atoms with E-state index >= 15 is 0 Å². The Labute approximate surface area is 154 Å². The Hall–Kier alpha value is -1.57. The second-order valence-corrected chi connectivity index (χ2v) is 8.66. The first kappa shape index (κ1) is 19.8. The Morgan fingerprint density at radius 2 is 1.84 bits per heavy atom. The molecule has 0 radical (unpaired) electrons. The van der Waals surface area contributed by atoms with E-state index in [1.807, 2.05) is 0 Å². The third-order valence-corrected chi connectivity index (χ3v) is 6.43. The zero-order valence-corrected chi connectivity index (χ0v) is 17.2. The highest BCUT2D eigenvalue weighted by molar-refractivity contribution is 7.49. The number of ether oxygens (including phenoxy) is 2. The molecular formula is C21H30NO2P. The molecule has 4 heteroatoms. The third kappa shape index (κ3) is 4.74. The van der Waals surface area contributed by atoms with Crippen LogP contribution in [0.15, 0.2) is 42.5 Å². The van der Waals surface area contributed by atoms with Gasteiger partial charge in [0, 0.05) is 37.6 Å². The van der Waals surface area contributed by atoms with Gasteiger partial charge in [0.05, 0.1) is 0 Å². The number of nitrogens with zero attached hydrogens (tertiary/aromatic N) is 1. The molecule has 0 saturated carbocycles. The lowest BCUT2D eigenvalue weighted by atomic mass is 9.95. The average molecular weight is 359 g/mol. The first-order valence-corrected chi connectivity index (χ1v) is 9.68. The molecule has 3 nitrogen and oxygen atoms in total. The highest BCUT2D eigenvalue weighted by Crippen LogP contribution is 2.48. The molecule has 0 aliphatic carbocycles. The fourth-order valence-electron chi connectivity index (χ4n) is 2.94. The predicted octanol–water partition coefficient (Wildman–Crippen LogP) is 4.67. The molecule has 2 unspecified atom stereocenters. The minimum Gasteiger partial charge on any atom is -0.467 e. The fraction of sp³-hybridized carbons (Fsp3) is 0.429. The zero-order valence-electron chi connectivity index (χ0n) is 16.2. The highest BCUT2D eigenvalue weighted by Gasteiger charge is 2.29. The highest BCUT2D eigenvalue weighted by atomic mass is 31.1. The van der Waals surface area contributed by atoms with Crippen LogP contribution in [-0.4, -0.2) is 28.0 Å². The SMILES string of the molecule is CCC(C)(Pc1ccccc1N(C)C)c1cc(C)ccc1OCOC. The minimum atomic E-state index is 0.0151. The summed E-state index contributed by atoms with van der Waals surface area (Å²) in [6.45, 7) is 7.00. The maximum Gasteiger partial charge on any atom is 0.188 e. The molecule has 2 aromatic carbocycles. The molecule has 0 bridgehead atoms. The lowest BCUT2D eigenvalue weighted by Gasteiger charge is -2.32. The smallest absolute Gasteiger partial charge is 0.188 e. The predicted molar refractivity (Wildman–Crippen MR) is 110 cm³/mol. The molecule has 0 amide bonds. The summed E-state index contributed by atoms with van der Waals surface area (Å²) in [6, 6.07) is 15.1. The number of anilines is 1. The number of aryl methyl sites for hydroxylation is 1. The van der Waals surface area contributed by atoms with Crippen LogP contribution in [0.2, 0.25) is 0 Å². The van der Waals surface area contributed by atoms with Crippen molar-refractivity contribution in [2.45, 2.75) is 32.3 Å². The Morgan fingerprint density at radius 1 is 1.12 bits per heavy atom. The van der Waals surface area contributed by atoms with Gasteiger partial charge in [0.1, 0.15) is 5.75 Å². The monoisotopic (exact) mass is 359 g/mol. The molecule has 0 heterocycles. The number of rotatable bonds is 8. The topological polar surface area (TPSA) is 21.7 Å². The zero-order chi connectivity index (χ0) is 18.4. The molecule has 2 rings (SSSR count). The van der Waals surface area contributed by atoms with E-state index in [2.05, 4.69) is 82.2 Å². The molecule has 0 N–H and O–H groups in total. The van der Waals surface area contributed by atoms with Gasteiger partial charge in [-0.05, 0) is 30.8 Å². The largest absolute Gasteiger partial charge is 0.467 e. The maximum atomic E-state index is 5.88.